The Balaban J connectivity index is 1.36. The Morgan fingerprint density at radius 2 is 1.71 bits per heavy atom. The van der Waals surface area contributed by atoms with Crippen molar-refractivity contribution in [3.63, 3.8) is 0 Å². The summed E-state index contributed by atoms with van der Waals surface area (Å²) in [5.74, 6) is 1.50. The van der Waals surface area contributed by atoms with Crippen LogP contribution in [0.3, 0.4) is 0 Å². The number of carbonyl (C=O) groups is 1. The molecule has 0 unspecified atom stereocenters. The fourth-order valence-electron chi connectivity index (χ4n) is 4.91. The number of rotatable bonds is 8. The molecule has 174 valence electrons. The molecule has 2 saturated heterocycles. The normalized spacial score (nSPS) is 24.2. The molecule has 0 aromatic heterocycles. The first-order valence-corrected chi connectivity index (χ1v) is 13.9. The highest BCUT2D eigenvalue weighted by Gasteiger charge is 2.31. The fraction of sp³-hybridized carbons (Fsp3) is 0.696. The molecule has 1 amide bonds. The van der Waals surface area contributed by atoms with Crippen LogP contribution in [0.5, 0.6) is 0 Å². The van der Waals surface area contributed by atoms with E-state index in [9.17, 15) is 13.2 Å². The summed E-state index contributed by atoms with van der Waals surface area (Å²) in [4.78, 5) is 15.0. The van der Waals surface area contributed by atoms with E-state index in [2.05, 4.69) is 40.0 Å². The minimum atomic E-state index is -3.36. The van der Waals surface area contributed by atoms with E-state index in [-0.39, 0.29) is 17.6 Å². The van der Waals surface area contributed by atoms with E-state index in [4.69, 9.17) is 0 Å². The first-order chi connectivity index (χ1) is 14.7. The van der Waals surface area contributed by atoms with Crippen molar-refractivity contribution in [3.8, 4) is 0 Å². The molecule has 3 rings (SSSR count). The average Bonchev–Trinajstić information content (AvgIpc) is 2.72. The second-order valence-electron chi connectivity index (χ2n) is 9.41. The number of hydrogen-bond acceptors (Lipinski definition) is 4. The topological polar surface area (TPSA) is 69.7 Å². The van der Waals surface area contributed by atoms with E-state index in [1.807, 2.05) is 24.3 Å². The van der Waals surface area contributed by atoms with Crippen molar-refractivity contribution in [3.05, 3.63) is 34.3 Å². The summed E-state index contributed by atoms with van der Waals surface area (Å²) in [5, 5.41) is 3.08. The molecule has 8 heteroatoms. The maximum atomic E-state index is 12.7. The number of nitrogens with zero attached hydrogens (tertiary/aromatic N) is 2. The Morgan fingerprint density at radius 1 is 1.10 bits per heavy atom. The van der Waals surface area contributed by atoms with Crippen LogP contribution >= 0.6 is 15.9 Å². The molecule has 0 aliphatic carbocycles. The van der Waals surface area contributed by atoms with Crippen LogP contribution in [0.15, 0.2) is 28.7 Å². The van der Waals surface area contributed by atoms with E-state index >= 15 is 0 Å². The Morgan fingerprint density at radius 3 is 2.32 bits per heavy atom. The molecule has 6 nitrogen and oxygen atoms in total. The van der Waals surface area contributed by atoms with Gasteiger partial charge in [-0.15, -0.1) is 0 Å². The van der Waals surface area contributed by atoms with Crippen molar-refractivity contribution in [2.75, 3.05) is 39.3 Å². The van der Waals surface area contributed by atoms with Crippen LogP contribution in [0, 0.1) is 17.8 Å². The molecule has 1 aromatic carbocycles. The second-order valence-corrected chi connectivity index (χ2v) is 12.3. The number of hydrogen-bond donors (Lipinski definition) is 1. The van der Waals surface area contributed by atoms with Crippen LogP contribution in [-0.2, 0) is 20.6 Å². The highest BCUT2D eigenvalue weighted by atomic mass is 79.9. The molecule has 0 radical (unpaired) electrons. The summed E-state index contributed by atoms with van der Waals surface area (Å²) in [5.41, 5.74) is 0.778. The van der Waals surface area contributed by atoms with Crippen LogP contribution in [0.25, 0.3) is 0 Å². The summed E-state index contributed by atoms with van der Waals surface area (Å²) in [7, 11) is -3.36. The quantitative estimate of drug-likeness (QED) is 0.540. The van der Waals surface area contributed by atoms with E-state index in [0.717, 1.165) is 47.9 Å². The van der Waals surface area contributed by atoms with Crippen LogP contribution in [-0.4, -0.2) is 62.8 Å². The smallest absolute Gasteiger partial charge is 0.223 e. The zero-order valence-electron chi connectivity index (χ0n) is 18.7. The third-order valence-corrected chi connectivity index (χ3v) is 8.75. The van der Waals surface area contributed by atoms with Gasteiger partial charge in [0.1, 0.15) is 0 Å². The highest BCUT2D eigenvalue weighted by molar-refractivity contribution is 9.10. The predicted octanol–water partition coefficient (Wildman–Crippen LogP) is 3.48. The van der Waals surface area contributed by atoms with Gasteiger partial charge in [-0.1, -0.05) is 41.9 Å². The van der Waals surface area contributed by atoms with Gasteiger partial charge in [0.2, 0.25) is 15.9 Å². The molecule has 1 N–H and O–H groups in total. The van der Waals surface area contributed by atoms with Crippen molar-refractivity contribution in [1.82, 2.24) is 14.5 Å². The van der Waals surface area contributed by atoms with Gasteiger partial charge in [0.05, 0.1) is 5.75 Å². The lowest BCUT2D eigenvalue weighted by Crippen LogP contribution is -2.44. The minimum absolute atomic E-state index is 0.00484. The van der Waals surface area contributed by atoms with Crippen molar-refractivity contribution in [2.24, 2.45) is 17.8 Å². The minimum Gasteiger partial charge on any atom is -0.356 e. The SMILES string of the molecule is C[C@@H]1C[C@H](C)CN(CCCNC(=O)C2CCN(S(=O)(=O)Cc3ccc(Br)cc3)CC2)C1. The summed E-state index contributed by atoms with van der Waals surface area (Å²) in [6, 6.07) is 7.36. The third-order valence-electron chi connectivity index (χ3n) is 6.38. The Hall–Kier alpha value is -0.960. The number of piperidine rings is 2. The van der Waals surface area contributed by atoms with Gasteiger partial charge in [-0.3, -0.25) is 4.79 Å². The summed E-state index contributed by atoms with van der Waals surface area (Å²) in [6.45, 7) is 9.51. The number of likely N-dealkylation sites (tertiary alicyclic amines) is 1. The number of carbonyl (C=O) groups excluding carboxylic acids is 1. The number of sulfonamides is 1. The van der Waals surface area contributed by atoms with Crippen molar-refractivity contribution >= 4 is 31.9 Å². The van der Waals surface area contributed by atoms with Crippen molar-refractivity contribution in [2.45, 2.75) is 45.3 Å². The van der Waals surface area contributed by atoms with Crippen LogP contribution in [0.2, 0.25) is 0 Å². The summed E-state index contributed by atoms with van der Waals surface area (Å²) < 4.78 is 27.9. The molecular formula is C23H36BrN3O3S. The van der Waals surface area contributed by atoms with E-state index < -0.39 is 10.0 Å². The molecule has 2 fully saturated rings. The first-order valence-electron chi connectivity index (χ1n) is 11.5. The largest absolute Gasteiger partial charge is 0.356 e. The zero-order valence-corrected chi connectivity index (χ0v) is 21.1. The molecule has 2 aliphatic heterocycles. The van der Waals surface area contributed by atoms with Gasteiger partial charge in [-0.25, -0.2) is 12.7 Å². The summed E-state index contributed by atoms with van der Waals surface area (Å²) in [6.07, 6.45) is 3.45. The van der Waals surface area contributed by atoms with Crippen LogP contribution < -0.4 is 5.32 Å². The maximum Gasteiger partial charge on any atom is 0.223 e. The van der Waals surface area contributed by atoms with Gasteiger partial charge >= 0.3 is 0 Å². The van der Waals surface area contributed by atoms with Gasteiger partial charge in [-0.2, -0.15) is 0 Å². The third kappa shape index (κ3) is 7.55. The maximum absolute atomic E-state index is 12.7. The molecule has 2 aliphatic rings. The van der Waals surface area contributed by atoms with E-state index in [1.165, 1.54) is 10.7 Å². The molecule has 2 atom stereocenters. The zero-order chi connectivity index (χ0) is 22.4. The highest BCUT2D eigenvalue weighted by Crippen LogP contribution is 2.23. The lowest BCUT2D eigenvalue weighted by molar-refractivity contribution is -0.126. The van der Waals surface area contributed by atoms with Gasteiger partial charge in [0, 0.05) is 43.1 Å². The van der Waals surface area contributed by atoms with Gasteiger partial charge in [0.15, 0.2) is 0 Å². The average molecular weight is 515 g/mol. The molecule has 0 spiro atoms. The van der Waals surface area contributed by atoms with E-state index in [0.29, 0.717) is 32.5 Å². The standard InChI is InChI=1S/C23H36BrN3O3S/c1-18-14-19(2)16-26(15-18)11-3-10-25-23(28)21-8-12-27(13-9-21)31(29,30)17-20-4-6-22(24)7-5-20/h4-7,18-19,21H,3,8-17H2,1-2H3,(H,25,28)/t18-,19+. The van der Waals surface area contributed by atoms with Gasteiger partial charge < -0.3 is 10.2 Å². The lowest BCUT2D eigenvalue weighted by atomic mass is 9.92. The Bertz CT molecular complexity index is 813. The van der Waals surface area contributed by atoms with Crippen LogP contribution in [0.1, 0.15) is 45.1 Å². The lowest BCUT2D eigenvalue weighted by Gasteiger charge is -2.35. The number of benzene rings is 1. The molecule has 2 heterocycles. The second kappa shape index (κ2) is 11.3. The Labute approximate surface area is 195 Å². The van der Waals surface area contributed by atoms with Gasteiger partial charge in [-0.05, 0) is 61.8 Å². The molecule has 0 saturated carbocycles. The van der Waals surface area contributed by atoms with Gasteiger partial charge in [0.25, 0.3) is 0 Å². The predicted molar refractivity (Wildman–Crippen MR) is 128 cm³/mol. The number of nitrogens with one attached hydrogen (secondary N) is 1. The molecular weight excluding hydrogens is 478 g/mol. The monoisotopic (exact) mass is 513 g/mol. The van der Waals surface area contributed by atoms with Crippen LogP contribution in [0.4, 0.5) is 0 Å². The Kier molecular flexibility index (Phi) is 8.96. The first kappa shape index (κ1) is 24.7. The fourth-order valence-corrected chi connectivity index (χ4v) is 6.74. The number of halogens is 1. The van der Waals surface area contributed by atoms with E-state index in [1.54, 1.807) is 0 Å². The summed E-state index contributed by atoms with van der Waals surface area (Å²) >= 11 is 3.37. The molecule has 1 aromatic rings. The molecule has 0 bridgehead atoms. The molecule has 31 heavy (non-hydrogen) atoms. The van der Waals surface area contributed by atoms with Crippen molar-refractivity contribution < 1.29 is 13.2 Å². The number of amides is 1. The van der Waals surface area contributed by atoms with Crippen molar-refractivity contribution in [1.29, 1.82) is 0 Å².